The average molecular weight is 275 g/mol. The second-order valence-corrected chi connectivity index (χ2v) is 5.25. The van der Waals surface area contributed by atoms with Crippen molar-refractivity contribution in [2.45, 2.75) is 38.5 Å². The van der Waals surface area contributed by atoms with Gasteiger partial charge in [-0.1, -0.05) is 24.3 Å². The molecule has 108 valence electrons. The van der Waals surface area contributed by atoms with Crippen LogP contribution in [0.3, 0.4) is 0 Å². The van der Waals surface area contributed by atoms with Crippen LogP contribution in [0.15, 0.2) is 24.3 Å². The van der Waals surface area contributed by atoms with Crippen LogP contribution in [-0.2, 0) is 22.4 Å². The molecule has 0 bridgehead atoms. The Bertz CT molecular complexity index is 457. The van der Waals surface area contributed by atoms with E-state index in [-0.39, 0.29) is 12.3 Å². The first-order chi connectivity index (χ1) is 9.66. The second-order valence-electron chi connectivity index (χ2n) is 5.25. The zero-order valence-corrected chi connectivity index (χ0v) is 11.7. The van der Waals surface area contributed by atoms with Crippen molar-refractivity contribution in [1.29, 1.82) is 0 Å². The minimum absolute atomic E-state index is 0.152. The number of fused-ring (bicyclic) bond motifs is 1. The van der Waals surface area contributed by atoms with Gasteiger partial charge < -0.3 is 10.0 Å². The van der Waals surface area contributed by atoms with Crippen LogP contribution in [0.25, 0.3) is 0 Å². The third kappa shape index (κ3) is 4.08. The van der Waals surface area contributed by atoms with E-state index in [9.17, 15) is 9.59 Å². The van der Waals surface area contributed by atoms with Crippen LogP contribution in [0, 0.1) is 0 Å². The first-order valence-electron chi connectivity index (χ1n) is 7.23. The molecule has 1 amide bonds. The highest BCUT2D eigenvalue weighted by molar-refractivity contribution is 5.76. The molecule has 0 saturated carbocycles. The van der Waals surface area contributed by atoms with Gasteiger partial charge in [0.05, 0.1) is 0 Å². The van der Waals surface area contributed by atoms with E-state index in [0.29, 0.717) is 19.3 Å². The molecule has 0 saturated heterocycles. The fourth-order valence-corrected chi connectivity index (χ4v) is 2.63. The van der Waals surface area contributed by atoms with E-state index < -0.39 is 5.97 Å². The monoisotopic (exact) mass is 275 g/mol. The lowest BCUT2D eigenvalue weighted by Gasteiger charge is -2.20. The summed E-state index contributed by atoms with van der Waals surface area (Å²) in [6, 6.07) is 8.36. The van der Waals surface area contributed by atoms with Gasteiger partial charge in [-0.05, 0) is 36.8 Å². The summed E-state index contributed by atoms with van der Waals surface area (Å²) in [5.41, 5.74) is 2.68. The van der Waals surface area contributed by atoms with Crippen molar-refractivity contribution < 1.29 is 14.7 Å². The molecule has 0 radical (unpaired) electrons. The molecule has 0 aliphatic carbocycles. The molecule has 4 heteroatoms. The maximum atomic E-state index is 12.1. The van der Waals surface area contributed by atoms with Gasteiger partial charge in [-0.25, -0.2) is 0 Å². The van der Waals surface area contributed by atoms with Crippen LogP contribution in [0.1, 0.15) is 36.8 Å². The number of aliphatic carboxylic acids is 1. The van der Waals surface area contributed by atoms with E-state index in [2.05, 4.69) is 12.1 Å². The Morgan fingerprint density at radius 3 is 2.10 bits per heavy atom. The first-order valence-corrected chi connectivity index (χ1v) is 7.23. The lowest BCUT2D eigenvalue weighted by molar-refractivity contribution is -0.137. The van der Waals surface area contributed by atoms with Crippen LogP contribution < -0.4 is 0 Å². The topological polar surface area (TPSA) is 57.6 Å². The molecule has 0 aromatic heterocycles. The van der Waals surface area contributed by atoms with Crippen molar-refractivity contribution in [2.24, 2.45) is 0 Å². The molecule has 4 nitrogen and oxygen atoms in total. The molecule has 2 rings (SSSR count). The number of hydrogen-bond acceptors (Lipinski definition) is 2. The second kappa shape index (κ2) is 7.08. The first kappa shape index (κ1) is 14.6. The zero-order valence-electron chi connectivity index (χ0n) is 11.7. The Labute approximate surface area is 119 Å². The molecule has 1 N–H and O–H groups in total. The summed E-state index contributed by atoms with van der Waals surface area (Å²) in [6.07, 6.45) is 3.68. The van der Waals surface area contributed by atoms with Gasteiger partial charge in [0.25, 0.3) is 0 Å². The molecule has 1 aromatic carbocycles. The standard InChI is InChI=1S/C16H21NO3/c18-15(7-3-4-8-16(19)20)17-11-9-13-5-1-2-6-14(13)10-12-17/h1-2,5-6H,3-4,7-12H2,(H,19,20). The number of hydrogen-bond donors (Lipinski definition) is 1. The predicted octanol–water partition coefficient (Wildman–Crippen LogP) is 2.26. The Morgan fingerprint density at radius 2 is 1.55 bits per heavy atom. The summed E-state index contributed by atoms with van der Waals surface area (Å²) >= 11 is 0. The Balaban J connectivity index is 1.80. The maximum Gasteiger partial charge on any atom is 0.303 e. The number of unbranched alkanes of at least 4 members (excludes halogenated alkanes) is 1. The summed E-state index contributed by atoms with van der Waals surface area (Å²) in [7, 11) is 0. The highest BCUT2D eigenvalue weighted by atomic mass is 16.4. The quantitative estimate of drug-likeness (QED) is 0.839. The van der Waals surface area contributed by atoms with E-state index in [1.807, 2.05) is 17.0 Å². The molecule has 0 atom stereocenters. The van der Waals surface area contributed by atoms with Gasteiger partial charge in [0, 0.05) is 25.9 Å². The third-order valence-electron chi connectivity index (χ3n) is 3.80. The van der Waals surface area contributed by atoms with Crippen molar-refractivity contribution in [1.82, 2.24) is 4.90 Å². The van der Waals surface area contributed by atoms with Gasteiger partial charge in [0.15, 0.2) is 0 Å². The largest absolute Gasteiger partial charge is 0.481 e. The molecule has 1 aliphatic rings. The molecular weight excluding hydrogens is 254 g/mol. The maximum absolute atomic E-state index is 12.1. The minimum Gasteiger partial charge on any atom is -0.481 e. The summed E-state index contributed by atoms with van der Waals surface area (Å²) in [6.45, 7) is 1.55. The van der Waals surface area contributed by atoms with Crippen molar-refractivity contribution in [3.63, 3.8) is 0 Å². The Morgan fingerprint density at radius 1 is 1.00 bits per heavy atom. The van der Waals surface area contributed by atoms with Gasteiger partial charge in [-0.3, -0.25) is 9.59 Å². The molecule has 20 heavy (non-hydrogen) atoms. The van der Waals surface area contributed by atoms with E-state index in [1.54, 1.807) is 0 Å². The molecule has 0 unspecified atom stereocenters. The molecular formula is C16H21NO3. The lowest BCUT2D eigenvalue weighted by atomic mass is 10.0. The highest BCUT2D eigenvalue weighted by Gasteiger charge is 2.17. The average Bonchev–Trinajstić information content (AvgIpc) is 2.65. The van der Waals surface area contributed by atoms with Gasteiger partial charge >= 0.3 is 5.97 Å². The van der Waals surface area contributed by atoms with Crippen molar-refractivity contribution >= 4 is 11.9 Å². The van der Waals surface area contributed by atoms with Crippen LogP contribution in [-0.4, -0.2) is 35.0 Å². The molecule has 1 heterocycles. The Kier molecular flexibility index (Phi) is 5.16. The van der Waals surface area contributed by atoms with Crippen LogP contribution in [0.5, 0.6) is 0 Å². The van der Waals surface area contributed by atoms with Gasteiger partial charge in [0.1, 0.15) is 0 Å². The number of carbonyl (C=O) groups is 2. The fraction of sp³-hybridized carbons (Fsp3) is 0.500. The number of nitrogens with zero attached hydrogens (tertiary/aromatic N) is 1. The van der Waals surface area contributed by atoms with E-state index >= 15 is 0 Å². The summed E-state index contributed by atoms with van der Waals surface area (Å²) in [4.78, 5) is 24.5. The molecule has 1 aliphatic heterocycles. The highest BCUT2D eigenvalue weighted by Crippen LogP contribution is 2.16. The summed E-state index contributed by atoms with van der Waals surface area (Å²) < 4.78 is 0. The number of carboxylic acid groups (broad SMARTS) is 1. The van der Waals surface area contributed by atoms with E-state index in [4.69, 9.17) is 5.11 Å². The van der Waals surface area contributed by atoms with Crippen molar-refractivity contribution in [3.8, 4) is 0 Å². The molecule has 0 spiro atoms. The summed E-state index contributed by atoms with van der Waals surface area (Å²) in [5.74, 6) is -0.633. The van der Waals surface area contributed by atoms with Gasteiger partial charge in [0.2, 0.25) is 5.91 Å². The zero-order chi connectivity index (χ0) is 14.4. The van der Waals surface area contributed by atoms with Crippen LogP contribution >= 0.6 is 0 Å². The number of carbonyl (C=O) groups excluding carboxylic acids is 1. The summed E-state index contributed by atoms with van der Waals surface area (Å²) in [5, 5.41) is 8.57. The van der Waals surface area contributed by atoms with Crippen LogP contribution in [0.2, 0.25) is 0 Å². The minimum atomic E-state index is -0.789. The fourth-order valence-electron chi connectivity index (χ4n) is 2.63. The van der Waals surface area contributed by atoms with Crippen molar-refractivity contribution in [2.75, 3.05) is 13.1 Å². The smallest absolute Gasteiger partial charge is 0.303 e. The Hall–Kier alpha value is -1.84. The van der Waals surface area contributed by atoms with E-state index in [0.717, 1.165) is 25.9 Å². The predicted molar refractivity (Wildman–Crippen MR) is 76.5 cm³/mol. The third-order valence-corrected chi connectivity index (χ3v) is 3.80. The normalized spacial score (nSPS) is 14.5. The molecule has 1 aromatic rings. The van der Waals surface area contributed by atoms with Crippen molar-refractivity contribution in [3.05, 3.63) is 35.4 Å². The number of benzene rings is 1. The molecule has 0 fully saturated rings. The van der Waals surface area contributed by atoms with Gasteiger partial charge in [-0.2, -0.15) is 0 Å². The van der Waals surface area contributed by atoms with E-state index in [1.165, 1.54) is 11.1 Å². The number of carboxylic acids is 1. The SMILES string of the molecule is O=C(O)CCCCC(=O)N1CCc2ccccc2CC1. The number of amides is 1. The number of rotatable bonds is 5. The van der Waals surface area contributed by atoms with Gasteiger partial charge in [-0.15, -0.1) is 0 Å². The van der Waals surface area contributed by atoms with Crippen LogP contribution in [0.4, 0.5) is 0 Å². The lowest BCUT2D eigenvalue weighted by Crippen LogP contribution is -2.33.